The van der Waals surface area contributed by atoms with Gasteiger partial charge in [0.1, 0.15) is 5.82 Å². The van der Waals surface area contributed by atoms with Crippen molar-refractivity contribution in [3.63, 3.8) is 0 Å². The third kappa shape index (κ3) is 3.95. The van der Waals surface area contributed by atoms with Crippen LogP contribution in [0.4, 0.5) is 23.2 Å². The van der Waals surface area contributed by atoms with Crippen LogP contribution in [0, 0.1) is 5.82 Å². The van der Waals surface area contributed by atoms with E-state index in [4.69, 9.17) is 5.11 Å². The Hall–Kier alpha value is -2.08. The Morgan fingerprint density at radius 2 is 1.67 bits per heavy atom. The van der Waals surface area contributed by atoms with Crippen molar-refractivity contribution < 1.29 is 22.7 Å². The van der Waals surface area contributed by atoms with E-state index in [1.807, 2.05) is 0 Å². The Balaban J connectivity index is 2.15. The van der Waals surface area contributed by atoms with Crippen molar-refractivity contribution in [1.82, 2.24) is 0 Å². The molecule has 112 valence electrons. The molecule has 0 aromatic heterocycles. The van der Waals surface area contributed by atoms with Gasteiger partial charge >= 0.3 is 6.18 Å². The summed E-state index contributed by atoms with van der Waals surface area (Å²) in [6.07, 6.45) is -4.60. The van der Waals surface area contributed by atoms with Gasteiger partial charge in [-0.3, -0.25) is 0 Å². The van der Waals surface area contributed by atoms with E-state index in [0.717, 1.165) is 12.1 Å². The number of aliphatic hydroxyl groups is 1. The average Bonchev–Trinajstić information content (AvgIpc) is 2.45. The van der Waals surface area contributed by atoms with Gasteiger partial charge in [0.2, 0.25) is 0 Å². The zero-order valence-corrected chi connectivity index (χ0v) is 10.9. The Bertz CT molecular complexity index is 608. The molecule has 0 saturated carbocycles. The van der Waals surface area contributed by atoms with Crippen LogP contribution in [-0.4, -0.2) is 5.11 Å². The fourth-order valence-corrected chi connectivity index (χ4v) is 1.89. The molecule has 0 aliphatic carbocycles. The number of rotatable bonds is 4. The topological polar surface area (TPSA) is 32.3 Å². The lowest BCUT2D eigenvalue weighted by atomic mass is 10.1. The summed E-state index contributed by atoms with van der Waals surface area (Å²) < 4.78 is 51.5. The highest BCUT2D eigenvalue weighted by atomic mass is 19.4. The highest BCUT2D eigenvalue weighted by molar-refractivity contribution is 5.46. The minimum Gasteiger partial charge on any atom is -0.392 e. The van der Waals surface area contributed by atoms with Crippen molar-refractivity contribution in [3.8, 4) is 0 Å². The van der Waals surface area contributed by atoms with E-state index in [-0.39, 0.29) is 18.7 Å². The smallest absolute Gasteiger partial charge is 0.392 e. The minimum absolute atomic E-state index is 0.0323. The molecule has 2 aromatic rings. The molecule has 2 nitrogen and oxygen atoms in total. The second-order valence-corrected chi connectivity index (χ2v) is 4.51. The van der Waals surface area contributed by atoms with Gasteiger partial charge in [0.25, 0.3) is 0 Å². The first-order chi connectivity index (χ1) is 9.90. The highest BCUT2D eigenvalue weighted by Crippen LogP contribution is 2.32. The summed E-state index contributed by atoms with van der Waals surface area (Å²) in [6.45, 7) is -0.177. The number of alkyl halides is 3. The summed E-state index contributed by atoms with van der Waals surface area (Å²) in [7, 11) is 0. The van der Waals surface area contributed by atoms with Gasteiger partial charge in [-0.25, -0.2) is 4.39 Å². The van der Waals surface area contributed by atoms with E-state index in [2.05, 4.69) is 5.32 Å². The maximum absolute atomic E-state index is 13.0. The molecular formula is C15H13F4NO. The minimum atomic E-state index is -4.60. The second kappa shape index (κ2) is 6.13. The fraction of sp³-hybridized carbons (Fsp3) is 0.200. The van der Waals surface area contributed by atoms with Gasteiger partial charge in [-0.05, 0) is 35.4 Å². The lowest BCUT2D eigenvalue weighted by molar-refractivity contribution is -0.138. The molecule has 0 bridgehead atoms. The van der Waals surface area contributed by atoms with Gasteiger partial charge in [0.05, 0.1) is 12.2 Å². The van der Waals surface area contributed by atoms with Crippen molar-refractivity contribution in [2.45, 2.75) is 19.3 Å². The molecule has 0 amide bonds. The molecule has 2 rings (SSSR count). The van der Waals surface area contributed by atoms with Crippen LogP contribution in [0.3, 0.4) is 0 Å². The predicted molar refractivity (Wildman–Crippen MR) is 71.1 cm³/mol. The number of halogens is 4. The van der Waals surface area contributed by atoms with Crippen LogP contribution < -0.4 is 5.32 Å². The molecule has 6 heteroatoms. The van der Waals surface area contributed by atoms with Crippen LogP contribution in [0.5, 0.6) is 0 Å². The number of hydrogen-bond acceptors (Lipinski definition) is 2. The monoisotopic (exact) mass is 299 g/mol. The number of aliphatic hydroxyl groups excluding tert-OH is 1. The maximum atomic E-state index is 13.0. The Morgan fingerprint density at radius 1 is 1.00 bits per heavy atom. The molecule has 0 aliphatic heterocycles. The Labute approximate surface area is 119 Å². The highest BCUT2D eigenvalue weighted by Gasteiger charge is 2.33. The number of hydrogen-bond donors (Lipinski definition) is 2. The van der Waals surface area contributed by atoms with Gasteiger partial charge in [0.15, 0.2) is 0 Å². The summed E-state index contributed by atoms with van der Waals surface area (Å²) in [6, 6.07) is 9.25. The van der Waals surface area contributed by atoms with E-state index in [1.54, 1.807) is 24.3 Å². The number of anilines is 1. The quantitative estimate of drug-likeness (QED) is 0.838. The van der Waals surface area contributed by atoms with Crippen LogP contribution in [0.25, 0.3) is 0 Å². The third-order valence-electron chi connectivity index (χ3n) is 3.00. The van der Waals surface area contributed by atoms with Crippen LogP contribution in [0.2, 0.25) is 0 Å². The molecule has 0 unspecified atom stereocenters. The second-order valence-electron chi connectivity index (χ2n) is 4.51. The standard InChI is InChI=1S/C15H13F4NO/c16-12-4-3-11(14(7-12)15(17,18)19)8-20-13-5-1-10(9-21)2-6-13/h1-7,20-21H,8-9H2. The zero-order valence-electron chi connectivity index (χ0n) is 10.9. The summed E-state index contributed by atoms with van der Waals surface area (Å²) in [5.74, 6) is -0.918. The Morgan fingerprint density at radius 3 is 2.24 bits per heavy atom. The molecule has 0 fully saturated rings. The van der Waals surface area contributed by atoms with Crippen LogP contribution in [0.1, 0.15) is 16.7 Å². The molecule has 0 heterocycles. The SMILES string of the molecule is OCc1ccc(NCc2ccc(F)cc2C(F)(F)F)cc1. The van der Waals surface area contributed by atoms with Crippen LogP contribution in [-0.2, 0) is 19.3 Å². The summed E-state index contributed by atoms with van der Waals surface area (Å²) in [4.78, 5) is 0. The van der Waals surface area contributed by atoms with E-state index in [1.165, 1.54) is 0 Å². The average molecular weight is 299 g/mol. The lowest BCUT2D eigenvalue weighted by Gasteiger charge is -2.14. The van der Waals surface area contributed by atoms with E-state index < -0.39 is 17.6 Å². The predicted octanol–water partition coefficient (Wildman–Crippen LogP) is 3.95. The first-order valence-electron chi connectivity index (χ1n) is 6.19. The Kier molecular flexibility index (Phi) is 4.47. The van der Waals surface area contributed by atoms with Gasteiger partial charge < -0.3 is 10.4 Å². The molecular weight excluding hydrogens is 286 g/mol. The van der Waals surface area contributed by atoms with E-state index in [0.29, 0.717) is 17.3 Å². The molecule has 0 aliphatic rings. The van der Waals surface area contributed by atoms with E-state index in [9.17, 15) is 17.6 Å². The number of benzene rings is 2. The largest absolute Gasteiger partial charge is 0.416 e. The van der Waals surface area contributed by atoms with Gasteiger partial charge in [0, 0.05) is 12.2 Å². The molecule has 0 saturated heterocycles. The fourth-order valence-electron chi connectivity index (χ4n) is 1.89. The van der Waals surface area contributed by atoms with Crippen molar-refractivity contribution >= 4 is 5.69 Å². The normalized spacial score (nSPS) is 11.5. The molecule has 2 aromatic carbocycles. The van der Waals surface area contributed by atoms with Gasteiger partial charge in [-0.15, -0.1) is 0 Å². The van der Waals surface area contributed by atoms with Gasteiger partial charge in [-0.2, -0.15) is 13.2 Å². The van der Waals surface area contributed by atoms with E-state index >= 15 is 0 Å². The van der Waals surface area contributed by atoms with Crippen molar-refractivity contribution in [3.05, 3.63) is 65.0 Å². The summed E-state index contributed by atoms with van der Waals surface area (Å²) in [5, 5.41) is 11.7. The molecule has 0 atom stereocenters. The summed E-state index contributed by atoms with van der Waals surface area (Å²) in [5.41, 5.74) is 0.306. The van der Waals surface area contributed by atoms with Gasteiger partial charge in [-0.1, -0.05) is 18.2 Å². The van der Waals surface area contributed by atoms with Crippen LogP contribution >= 0.6 is 0 Å². The molecule has 0 spiro atoms. The first kappa shape index (κ1) is 15.3. The van der Waals surface area contributed by atoms with Crippen LogP contribution in [0.15, 0.2) is 42.5 Å². The van der Waals surface area contributed by atoms with Crippen molar-refractivity contribution in [2.75, 3.05) is 5.32 Å². The number of nitrogens with one attached hydrogen (secondary N) is 1. The first-order valence-corrected chi connectivity index (χ1v) is 6.19. The summed E-state index contributed by atoms with van der Waals surface area (Å²) >= 11 is 0. The molecule has 2 N–H and O–H groups in total. The molecule has 21 heavy (non-hydrogen) atoms. The zero-order chi connectivity index (χ0) is 15.5. The van der Waals surface area contributed by atoms with Crippen molar-refractivity contribution in [1.29, 1.82) is 0 Å². The lowest BCUT2D eigenvalue weighted by Crippen LogP contribution is -2.12. The van der Waals surface area contributed by atoms with Crippen molar-refractivity contribution in [2.24, 2.45) is 0 Å². The maximum Gasteiger partial charge on any atom is 0.416 e. The third-order valence-corrected chi connectivity index (χ3v) is 3.00. The molecule has 0 radical (unpaired) electrons.